The minimum absolute atomic E-state index is 0. The first-order valence-electron chi connectivity index (χ1n) is 5.16. The van der Waals surface area contributed by atoms with E-state index in [4.69, 9.17) is 5.73 Å². The van der Waals surface area contributed by atoms with Crippen LogP contribution in [0.25, 0.3) is 0 Å². The second kappa shape index (κ2) is 4.16. The molecule has 0 saturated heterocycles. The molecule has 2 aliphatic rings. The van der Waals surface area contributed by atoms with Crippen LogP contribution in [0.1, 0.15) is 38.5 Å². The lowest BCUT2D eigenvalue weighted by Crippen LogP contribution is -2.42. The van der Waals surface area contributed by atoms with Crippen LogP contribution >= 0.6 is 12.4 Å². The van der Waals surface area contributed by atoms with Crippen molar-refractivity contribution in [3.8, 4) is 0 Å². The van der Waals surface area contributed by atoms with Crippen LogP contribution in [0.15, 0.2) is 0 Å². The third-order valence-corrected chi connectivity index (χ3v) is 3.53. The highest BCUT2D eigenvalue weighted by Gasteiger charge is 2.40. The van der Waals surface area contributed by atoms with E-state index in [1.165, 1.54) is 25.7 Å². The van der Waals surface area contributed by atoms with Gasteiger partial charge in [-0.2, -0.15) is 0 Å². The number of hydrogen-bond donors (Lipinski definition) is 2. The molecule has 78 valence electrons. The Balaban J connectivity index is 0.000000845. The minimum atomic E-state index is -0.508. The van der Waals surface area contributed by atoms with Gasteiger partial charge in [0.15, 0.2) is 0 Å². The van der Waals surface area contributed by atoms with Crippen molar-refractivity contribution < 1.29 is 5.11 Å². The van der Waals surface area contributed by atoms with E-state index in [-0.39, 0.29) is 12.4 Å². The molecule has 2 unspecified atom stereocenters. The third kappa shape index (κ3) is 2.58. The summed E-state index contributed by atoms with van der Waals surface area (Å²) in [5, 5.41) is 10.0. The Morgan fingerprint density at radius 2 is 1.92 bits per heavy atom. The highest BCUT2D eigenvalue weighted by atomic mass is 35.5. The molecule has 0 aromatic heterocycles. The zero-order valence-corrected chi connectivity index (χ0v) is 8.85. The van der Waals surface area contributed by atoms with Gasteiger partial charge >= 0.3 is 0 Å². The summed E-state index contributed by atoms with van der Waals surface area (Å²) in [6, 6.07) is 0. The summed E-state index contributed by atoms with van der Waals surface area (Å²) < 4.78 is 0. The molecule has 2 aliphatic carbocycles. The van der Waals surface area contributed by atoms with E-state index in [1.54, 1.807) is 0 Å². The summed E-state index contributed by atoms with van der Waals surface area (Å²) in [7, 11) is 0. The van der Waals surface area contributed by atoms with Crippen molar-refractivity contribution in [2.24, 2.45) is 17.6 Å². The van der Waals surface area contributed by atoms with Gasteiger partial charge in [0.1, 0.15) is 0 Å². The first-order valence-corrected chi connectivity index (χ1v) is 5.16. The van der Waals surface area contributed by atoms with Crippen molar-refractivity contribution in [1.29, 1.82) is 0 Å². The van der Waals surface area contributed by atoms with Crippen molar-refractivity contribution in [1.82, 2.24) is 0 Å². The number of rotatable bonds is 2. The maximum atomic E-state index is 10.0. The van der Waals surface area contributed by atoms with Crippen LogP contribution in [0, 0.1) is 11.8 Å². The fourth-order valence-corrected chi connectivity index (χ4v) is 2.54. The zero-order chi connectivity index (χ0) is 8.60. The molecule has 2 atom stereocenters. The van der Waals surface area contributed by atoms with E-state index >= 15 is 0 Å². The predicted molar refractivity (Wildman–Crippen MR) is 55.9 cm³/mol. The maximum absolute atomic E-state index is 10.0. The SMILES string of the molecule is Cl.NCC1(O)CCCC(C2CC2)C1. The van der Waals surface area contributed by atoms with Gasteiger partial charge in [0.2, 0.25) is 0 Å². The topological polar surface area (TPSA) is 46.2 Å². The molecule has 0 aromatic carbocycles. The van der Waals surface area contributed by atoms with E-state index in [1.807, 2.05) is 0 Å². The van der Waals surface area contributed by atoms with Crippen molar-refractivity contribution >= 4 is 12.4 Å². The van der Waals surface area contributed by atoms with Crippen LogP contribution < -0.4 is 5.73 Å². The van der Waals surface area contributed by atoms with Crippen LogP contribution in [-0.4, -0.2) is 17.3 Å². The van der Waals surface area contributed by atoms with Crippen LogP contribution in [0.2, 0.25) is 0 Å². The number of hydrogen-bond acceptors (Lipinski definition) is 2. The number of nitrogens with two attached hydrogens (primary N) is 1. The lowest BCUT2D eigenvalue weighted by Gasteiger charge is -2.36. The monoisotopic (exact) mass is 205 g/mol. The first kappa shape index (κ1) is 11.3. The van der Waals surface area contributed by atoms with Gasteiger partial charge in [-0.15, -0.1) is 12.4 Å². The summed E-state index contributed by atoms with van der Waals surface area (Å²) in [5.41, 5.74) is 5.06. The molecule has 2 saturated carbocycles. The Kier molecular flexibility index (Phi) is 3.61. The van der Waals surface area contributed by atoms with Gasteiger partial charge in [-0.05, 0) is 43.9 Å². The Morgan fingerprint density at radius 1 is 1.23 bits per heavy atom. The molecule has 0 bridgehead atoms. The van der Waals surface area contributed by atoms with Crippen molar-refractivity contribution in [2.75, 3.05) is 6.54 Å². The van der Waals surface area contributed by atoms with E-state index < -0.39 is 5.60 Å². The summed E-state index contributed by atoms with van der Waals surface area (Å²) in [6.45, 7) is 0.455. The highest BCUT2D eigenvalue weighted by molar-refractivity contribution is 5.85. The molecule has 3 N–H and O–H groups in total. The molecule has 2 rings (SSSR count). The van der Waals surface area contributed by atoms with E-state index in [0.717, 1.165) is 24.7 Å². The zero-order valence-electron chi connectivity index (χ0n) is 8.04. The molecule has 3 heteroatoms. The fourth-order valence-electron chi connectivity index (χ4n) is 2.54. The summed E-state index contributed by atoms with van der Waals surface area (Å²) in [6.07, 6.45) is 7.18. The van der Waals surface area contributed by atoms with Gasteiger partial charge in [0, 0.05) is 6.54 Å². The molecule has 0 spiro atoms. The van der Waals surface area contributed by atoms with Gasteiger partial charge in [0.25, 0.3) is 0 Å². The molecule has 0 heterocycles. The third-order valence-electron chi connectivity index (χ3n) is 3.53. The Bertz CT molecular complexity index is 172. The van der Waals surface area contributed by atoms with Crippen LogP contribution in [0.3, 0.4) is 0 Å². The van der Waals surface area contributed by atoms with Crippen LogP contribution in [0.4, 0.5) is 0 Å². The maximum Gasteiger partial charge on any atom is 0.0772 e. The predicted octanol–water partition coefficient (Wildman–Crippen LogP) is 1.70. The molecular formula is C10H20ClNO. The fraction of sp³-hybridized carbons (Fsp3) is 1.00. The molecule has 2 nitrogen and oxygen atoms in total. The number of halogens is 1. The summed E-state index contributed by atoms with van der Waals surface area (Å²) in [4.78, 5) is 0. The smallest absolute Gasteiger partial charge is 0.0772 e. The molecule has 0 aromatic rings. The van der Waals surface area contributed by atoms with Crippen molar-refractivity contribution in [2.45, 2.75) is 44.1 Å². The van der Waals surface area contributed by atoms with E-state index in [2.05, 4.69) is 0 Å². The Hall–Kier alpha value is 0.210. The highest BCUT2D eigenvalue weighted by Crippen LogP contribution is 2.46. The average Bonchev–Trinajstić information content (AvgIpc) is 2.87. The first-order chi connectivity index (χ1) is 5.73. The molecule has 0 aliphatic heterocycles. The molecule has 0 amide bonds. The second-order valence-electron chi connectivity index (χ2n) is 4.62. The molecule has 0 radical (unpaired) electrons. The van der Waals surface area contributed by atoms with Gasteiger partial charge in [0.05, 0.1) is 5.60 Å². The van der Waals surface area contributed by atoms with Gasteiger partial charge < -0.3 is 10.8 Å². The minimum Gasteiger partial charge on any atom is -0.389 e. The summed E-state index contributed by atoms with van der Waals surface area (Å²) in [5.74, 6) is 1.72. The molecular weight excluding hydrogens is 186 g/mol. The van der Waals surface area contributed by atoms with Crippen LogP contribution in [0.5, 0.6) is 0 Å². The van der Waals surface area contributed by atoms with Crippen molar-refractivity contribution in [3.05, 3.63) is 0 Å². The standard InChI is InChI=1S/C10H19NO.ClH/c11-7-10(12)5-1-2-9(6-10)8-3-4-8;/h8-9,12H,1-7,11H2;1H. The van der Waals surface area contributed by atoms with Gasteiger partial charge in [-0.3, -0.25) is 0 Å². The Morgan fingerprint density at radius 3 is 2.46 bits per heavy atom. The largest absolute Gasteiger partial charge is 0.389 e. The lowest BCUT2D eigenvalue weighted by atomic mass is 9.76. The molecule has 2 fully saturated rings. The van der Waals surface area contributed by atoms with Crippen LogP contribution in [-0.2, 0) is 0 Å². The number of aliphatic hydroxyl groups is 1. The quantitative estimate of drug-likeness (QED) is 0.721. The van der Waals surface area contributed by atoms with Gasteiger partial charge in [-0.25, -0.2) is 0 Å². The van der Waals surface area contributed by atoms with E-state index in [0.29, 0.717) is 6.54 Å². The molecule has 13 heavy (non-hydrogen) atoms. The van der Waals surface area contributed by atoms with Gasteiger partial charge in [-0.1, -0.05) is 6.42 Å². The average molecular weight is 206 g/mol. The summed E-state index contributed by atoms with van der Waals surface area (Å²) >= 11 is 0. The van der Waals surface area contributed by atoms with E-state index in [9.17, 15) is 5.11 Å². The second-order valence-corrected chi connectivity index (χ2v) is 4.62. The lowest BCUT2D eigenvalue weighted by molar-refractivity contribution is -0.0119. The Labute approximate surface area is 86.3 Å². The normalized spacial score (nSPS) is 39.7. The van der Waals surface area contributed by atoms with Crippen molar-refractivity contribution in [3.63, 3.8) is 0 Å².